The number of ketones is 1. The quantitative estimate of drug-likeness (QED) is 0.475. The van der Waals surface area contributed by atoms with Gasteiger partial charge in [-0.15, -0.1) is 3.89 Å². The fourth-order valence-electron chi connectivity index (χ4n) is 0.835. The first-order valence-electron chi connectivity index (χ1n) is 3.42. The van der Waals surface area contributed by atoms with Gasteiger partial charge in [-0.25, -0.2) is 0 Å². The molecule has 2 nitrogen and oxygen atoms in total. The Morgan fingerprint density at radius 3 is 3.00 bits per heavy atom. The fraction of sp³-hybridized carbons (Fsp3) is 0.125. The standard InChI is InChI=1S/C8H6BrFO2S/c9-5-8(11)6-2-1-3-7(4-6)12-13-10/h1-4H,5H2. The molecule has 0 spiro atoms. The first-order valence-corrected chi connectivity index (χ1v) is 5.18. The van der Waals surface area contributed by atoms with E-state index in [1.54, 1.807) is 18.2 Å². The van der Waals surface area contributed by atoms with Crippen LogP contribution < -0.4 is 4.18 Å². The molecule has 1 aromatic rings. The Hall–Kier alpha value is -0.550. The van der Waals surface area contributed by atoms with Crippen LogP contribution in [0.5, 0.6) is 5.75 Å². The largest absolute Gasteiger partial charge is 0.397 e. The summed E-state index contributed by atoms with van der Waals surface area (Å²) in [7, 11) is 0. The number of carbonyl (C=O) groups excluding carboxylic acids is 1. The molecule has 0 aliphatic carbocycles. The minimum atomic E-state index is -0.240. The maximum absolute atomic E-state index is 11.7. The van der Waals surface area contributed by atoms with Crippen molar-refractivity contribution in [3.8, 4) is 5.75 Å². The number of alkyl halides is 1. The monoisotopic (exact) mass is 264 g/mol. The van der Waals surface area contributed by atoms with Crippen LogP contribution in [0.2, 0.25) is 0 Å². The number of carbonyl (C=O) groups is 1. The molecule has 1 aromatic carbocycles. The Bertz CT molecular complexity index is 306. The van der Waals surface area contributed by atoms with Crippen molar-refractivity contribution in [1.29, 1.82) is 0 Å². The molecule has 1 rings (SSSR count). The highest BCUT2D eigenvalue weighted by molar-refractivity contribution is 9.09. The minimum absolute atomic E-state index is 0.0608. The highest BCUT2D eigenvalue weighted by Gasteiger charge is 2.04. The van der Waals surface area contributed by atoms with Crippen LogP contribution in [0.1, 0.15) is 10.4 Å². The van der Waals surface area contributed by atoms with E-state index in [4.69, 9.17) is 0 Å². The van der Waals surface area contributed by atoms with Crippen LogP contribution >= 0.6 is 28.4 Å². The summed E-state index contributed by atoms with van der Waals surface area (Å²) in [5, 5.41) is 0.249. The summed E-state index contributed by atoms with van der Waals surface area (Å²) in [6.45, 7) is 0. The molecule has 0 bridgehead atoms. The third kappa shape index (κ3) is 3.00. The van der Waals surface area contributed by atoms with Crippen molar-refractivity contribution in [2.24, 2.45) is 0 Å². The lowest BCUT2D eigenvalue weighted by molar-refractivity contribution is 0.102. The van der Waals surface area contributed by atoms with Crippen LogP contribution in [0.25, 0.3) is 0 Å². The molecule has 13 heavy (non-hydrogen) atoms. The molecular weight excluding hydrogens is 259 g/mol. The van der Waals surface area contributed by atoms with Crippen molar-refractivity contribution in [3.05, 3.63) is 29.8 Å². The van der Waals surface area contributed by atoms with E-state index >= 15 is 0 Å². The van der Waals surface area contributed by atoms with Crippen molar-refractivity contribution in [2.45, 2.75) is 0 Å². The number of benzene rings is 1. The fourth-order valence-corrected chi connectivity index (χ4v) is 1.34. The first-order chi connectivity index (χ1) is 6.27. The van der Waals surface area contributed by atoms with Crippen molar-refractivity contribution in [3.63, 3.8) is 0 Å². The lowest BCUT2D eigenvalue weighted by atomic mass is 10.1. The van der Waals surface area contributed by atoms with Crippen molar-refractivity contribution in [1.82, 2.24) is 0 Å². The smallest absolute Gasteiger partial charge is 0.272 e. The minimum Gasteiger partial charge on any atom is -0.397 e. The van der Waals surface area contributed by atoms with E-state index in [0.29, 0.717) is 11.3 Å². The van der Waals surface area contributed by atoms with Crippen molar-refractivity contribution < 1.29 is 12.9 Å². The van der Waals surface area contributed by atoms with Crippen molar-refractivity contribution >= 4 is 34.1 Å². The Balaban J connectivity index is 2.85. The molecule has 0 fully saturated rings. The maximum atomic E-state index is 11.7. The predicted octanol–water partition coefficient (Wildman–Crippen LogP) is 3.18. The topological polar surface area (TPSA) is 26.3 Å². The lowest BCUT2D eigenvalue weighted by Gasteiger charge is -2.00. The van der Waals surface area contributed by atoms with Gasteiger partial charge in [-0.05, 0) is 12.1 Å². The van der Waals surface area contributed by atoms with Gasteiger partial charge >= 0.3 is 0 Å². The molecule has 0 aliphatic rings. The molecule has 0 amide bonds. The molecule has 0 saturated carbocycles. The highest BCUT2D eigenvalue weighted by Crippen LogP contribution is 2.18. The zero-order chi connectivity index (χ0) is 9.68. The van der Waals surface area contributed by atoms with Crippen LogP contribution in [0.15, 0.2) is 24.3 Å². The molecule has 0 N–H and O–H groups in total. The molecule has 0 saturated heterocycles. The van der Waals surface area contributed by atoms with Crippen LogP contribution in [0.3, 0.4) is 0 Å². The predicted molar refractivity (Wildman–Crippen MR) is 53.9 cm³/mol. The molecule has 5 heteroatoms. The normalized spacial score (nSPS) is 9.69. The van der Waals surface area contributed by atoms with E-state index in [-0.39, 0.29) is 23.5 Å². The molecule has 0 aliphatic heterocycles. The third-order valence-electron chi connectivity index (χ3n) is 1.41. The molecule has 0 aromatic heterocycles. The van der Waals surface area contributed by atoms with E-state index in [0.717, 1.165) is 0 Å². The number of halogens is 2. The second-order valence-corrected chi connectivity index (χ2v) is 3.08. The molecule has 0 heterocycles. The van der Waals surface area contributed by atoms with Gasteiger partial charge in [0.05, 0.1) is 5.33 Å². The van der Waals surface area contributed by atoms with Crippen LogP contribution in [0.4, 0.5) is 3.89 Å². The van der Waals surface area contributed by atoms with E-state index in [1.165, 1.54) is 6.07 Å². The summed E-state index contributed by atoms with van der Waals surface area (Å²) in [5.74, 6) is 0.272. The average Bonchev–Trinajstić information content (AvgIpc) is 2.18. The van der Waals surface area contributed by atoms with Gasteiger partial charge in [0.25, 0.3) is 12.4 Å². The van der Waals surface area contributed by atoms with Gasteiger partial charge < -0.3 is 4.18 Å². The number of hydrogen-bond acceptors (Lipinski definition) is 3. The Morgan fingerprint density at radius 1 is 1.62 bits per heavy atom. The summed E-state index contributed by atoms with van der Waals surface area (Å²) >= 11 is 2.81. The Kier molecular flexibility index (Phi) is 4.24. The van der Waals surface area contributed by atoms with Crippen molar-refractivity contribution in [2.75, 3.05) is 5.33 Å². The number of Topliss-reactive ketones (excluding diaryl/α,β-unsaturated/α-hetero) is 1. The van der Waals surface area contributed by atoms with Gasteiger partial charge in [0.2, 0.25) is 0 Å². The van der Waals surface area contributed by atoms with E-state index in [2.05, 4.69) is 20.1 Å². The second-order valence-electron chi connectivity index (χ2n) is 2.23. The van der Waals surface area contributed by atoms with E-state index in [1.807, 2.05) is 0 Å². The van der Waals surface area contributed by atoms with E-state index < -0.39 is 0 Å². The molecule has 0 unspecified atom stereocenters. The van der Waals surface area contributed by atoms with Gasteiger partial charge in [-0.2, -0.15) is 0 Å². The van der Waals surface area contributed by atoms with E-state index in [9.17, 15) is 8.68 Å². The summed E-state index contributed by atoms with van der Waals surface area (Å²) in [6, 6.07) is 6.37. The number of hydrogen-bond donors (Lipinski definition) is 0. The maximum Gasteiger partial charge on any atom is 0.272 e. The van der Waals surface area contributed by atoms with Gasteiger partial charge in [-0.1, -0.05) is 28.1 Å². The molecule has 70 valence electrons. The zero-order valence-electron chi connectivity index (χ0n) is 6.50. The zero-order valence-corrected chi connectivity index (χ0v) is 8.90. The third-order valence-corrected chi connectivity index (χ3v) is 2.17. The lowest BCUT2D eigenvalue weighted by Crippen LogP contribution is -1.99. The average molecular weight is 265 g/mol. The second kappa shape index (κ2) is 5.24. The van der Waals surface area contributed by atoms with Crippen LogP contribution in [0, 0.1) is 0 Å². The molecule has 0 radical (unpaired) electrons. The summed E-state index contributed by atoms with van der Waals surface area (Å²) < 4.78 is 16.2. The molecular formula is C8H6BrFO2S. The number of rotatable bonds is 4. The highest BCUT2D eigenvalue weighted by atomic mass is 79.9. The van der Waals surface area contributed by atoms with Crippen LogP contribution in [-0.2, 0) is 0 Å². The van der Waals surface area contributed by atoms with Crippen LogP contribution in [-0.4, -0.2) is 11.1 Å². The van der Waals surface area contributed by atoms with Gasteiger partial charge in [-0.3, -0.25) is 4.79 Å². The SMILES string of the molecule is O=C(CBr)c1cccc(OSF)c1. The summed E-state index contributed by atoms with van der Waals surface area (Å²) in [4.78, 5) is 11.2. The summed E-state index contributed by atoms with van der Waals surface area (Å²) in [5.41, 5.74) is 0.503. The first kappa shape index (κ1) is 10.5. The van der Waals surface area contributed by atoms with Gasteiger partial charge in [0.15, 0.2) is 5.78 Å². The Morgan fingerprint density at radius 2 is 2.38 bits per heavy atom. The molecule has 0 atom stereocenters. The Labute approximate surface area is 88.1 Å². The summed E-state index contributed by atoms with van der Waals surface area (Å²) in [6.07, 6.45) is 0. The van der Waals surface area contributed by atoms with Gasteiger partial charge in [0.1, 0.15) is 5.75 Å². The van der Waals surface area contributed by atoms with Gasteiger partial charge in [0, 0.05) is 5.56 Å².